The average Bonchev–Trinajstić information content (AvgIpc) is 3.29. The molecule has 0 spiro atoms. The SMILES string of the molecule is Cc1ccc(C(=O)NC2CC2)cc1-n1ncc(C(=O)c2ccc3[nH]ccc3c2)c1N. The number of aromatic nitrogens is 3. The van der Waals surface area contributed by atoms with Crippen LogP contribution in [0.5, 0.6) is 0 Å². The highest BCUT2D eigenvalue weighted by Gasteiger charge is 2.24. The minimum atomic E-state index is -0.192. The van der Waals surface area contributed by atoms with Gasteiger partial charge < -0.3 is 16.0 Å². The molecular weight excluding hydrogens is 378 g/mol. The Bertz CT molecular complexity index is 1300. The highest BCUT2D eigenvalue weighted by molar-refractivity contribution is 6.13. The van der Waals surface area contributed by atoms with Crippen LogP contribution in [0.15, 0.2) is 54.9 Å². The Kier molecular flexibility index (Phi) is 4.17. The number of anilines is 1. The number of H-pyrrole nitrogens is 1. The summed E-state index contributed by atoms with van der Waals surface area (Å²) in [5.41, 5.74) is 10.3. The summed E-state index contributed by atoms with van der Waals surface area (Å²) in [6, 6.07) is 13.1. The van der Waals surface area contributed by atoms with Crippen molar-refractivity contribution in [3.05, 3.63) is 77.1 Å². The molecule has 0 aliphatic heterocycles. The molecule has 7 nitrogen and oxygen atoms in total. The Hall–Kier alpha value is -3.87. The van der Waals surface area contributed by atoms with Gasteiger partial charge in [0, 0.05) is 34.3 Å². The molecule has 5 rings (SSSR count). The largest absolute Gasteiger partial charge is 0.383 e. The average molecular weight is 399 g/mol. The Morgan fingerprint density at radius 3 is 2.73 bits per heavy atom. The zero-order chi connectivity index (χ0) is 20.8. The lowest BCUT2D eigenvalue weighted by Crippen LogP contribution is -2.25. The van der Waals surface area contributed by atoms with Gasteiger partial charge >= 0.3 is 0 Å². The number of rotatable bonds is 5. The zero-order valence-electron chi connectivity index (χ0n) is 16.5. The van der Waals surface area contributed by atoms with Gasteiger partial charge in [0.05, 0.1) is 17.4 Å². The van der Waals surface area contributed by atoms with Crippen LogP contribution in [0.2, 0.25) is 0 Å². The summed E-state index contributed by atoms with van der Waals surface area (Å²) in [7, 11) is 0. The molecule has 4 N–H and O–H groups in total. The maximum absolute atomic E-state index is 13.1. The molecule has 0 saturated heterocycles. The maximum atomic E-state index is 13.1. The van der Waals surface area contributed by atoms with Crippen LogP contribution in [0, 0.1) is 6.92 Å². The number of hydrogen-bond donors (Lipinski definition) is 3. The van der Waals surface area contributed by atoms with E-state index >= 15 is 0 Å². The van der Waals surface area contributed by atoms with Crippen molar-refractivity contribution in [3.8, 4) is 5.69 Å². The Morgan fingerprint density at radius 1 is 1.13 bits per heavy atom. The molecule has 0 radical (unpaired) electrons. The lowest BCUT2D eigenvalue weighted by atomic mass is 10.0. The fraction of sp³-hybridized carbons (Fsp3) is 0.174. The van der Waals surface area contributed by atoms with E-state index in [4.69, 9.17) is 5.73 Å². The summed E-state index contributed by atoms with van der Waals surface area (Å²) < 4.78 is 1.52. The number of aryl methyl sites for hydroxylation is 1. The van der Waals surface area contributed by atoms with E-state index in [1.54, 1.807) is 18.2 Å². The van der Waals surface area contributed by atoms with Gasteiger partial charge in [-0.3, -0.25) is 9.59 Å². The number of nitrogen functional groups attached to an aromatic ring is 1. The van der Waals surface area contributed by atoms with Crippen molar-refractivity contribution in [2.75, 3.05) is 5.73 Å². The molecule has 1 aliphatic carbocycles. The lowest BCUT2D eigenvalue weighted by molar-refractivity contribution is 0.0950. The van der Waals surface area contributed by atoms with Crippen LogP contribution in [-0.2, 0) is 0 Å². The van der Waals surface area contributed by atoms with Crippen molar-refractivity contribution < 1.29 is 9.59 Å². The summed E-state index contributed by atoms with van der Waals surface area (Å²) in [5, 5.41) is 8.29. The highest BCUT2D eigenvalue weighted by atomic mass is 16.1. The van der Waals surface area contributed by atoms with Gasteiger partial charge in [0.25, 0.3) is 5.91 Å². The summed E-state index contributed by atoms with van der Waals surface area (Å²) in [5.74, 6) is -0.0558. The fourth-order valence-corrected chi connectivity index (χ4v) is 3.55. The number of aromatic amines is 1. The number of benzene rings is 2. The second-order valence-electron chi connectivity index (χ2n) is 7.71. The van der Waals surface area contributed by atoms with Crippen LogP contribution < -0.4 is 11.1 Å². The Balaban J connectivity index is 1.49. The lowest BCUT2D eigenvalue weighted by Gasteiger charge is -2.11. The third-order valence-electron chi connectivity index (χ3n) is 5.48. The number of carbonyl (C=O) groups is 2. The van der Waals surface area contributed by atoms with Gasteiger partial charge in [-0.05, 0) is 61.7 Å². The van der Waals surface area contributed by atoms with E-state index in [0.29, 0.717) is 22.4 Å². The maximum Gasteiger partial charge on any atom is 0.251 e. The van der Waals surface area contributed by atoms with Crippen LogP contribution >= 0.6 is 0 Å². The highest BCUT2D eigenvalue weighted by Crippen LogP contribution is 2.25. The second-order valence-corrected chi connectivity index (χ2v) is 7.71. The normalized spacial score (nSPS) is 13.5. The molecule has 1 saturated carbocycles. The molecule has 7 heteroatoms. The van der Waals surface area contributed by atoms with E-state index < -0.39 is 0 Å². The number of fused-ring (bicyclic) bond motifs is 1. The van der Waals surface area contributed by atoms with E-state index in [0.717, 1.165) is 29.3 Å². The summed E-state index contributed by atoms with van der Waals surface area (Å²) in [6.45, 7) is 1.92. The molecule has 150 valence electrons. The number of ketones is 1. The summed E-state index contributed by atoms with van der Waals surface area (Å²) in [4.78, 5) is 28.6. The topological polar surface area (TPSA) is 106 Å². The van der Waals surface area contributed by atoms with E-state index in [9.17, 15) is 9.59 Å². The van der Waals surface area contributed by atoms with Crippen LogP contribution in [0.1, 0.15) is 44.7 Å². The number of nitrogens with two attached hydrogens (primary N) is 1. The molecule has 0 unspecified atom stereocenters. The van der Waals surface area contributed by atoms with Crippen molar-refractivity contribution in [2.45, 2.75) is 25.8 Å². The van der Waals surface area contributed by atoms with Crippen LogP contribution in [0.3, 0.4) is 0 Å². The molecule has 2 aromatic heterocycles. The molecular formula is C23H21N5O2. The van der Waals surface area contributed by atoms with E-state index in [-0.39, 0.29) is 23.6 Å². The van der Waals surface area contributed by atoms with Crippen LogP contribution in [0.25, 0.3) is 16.6 Å². The molecule has 2 aromatic carbocycles. The number of carbonyl (C=O) groups excluding carboxylic acids is 2. The second kappa shape index (κ2) is 6.88. The van der Waals surface area contributed by atoms with Crippen molar-refractivity contribution in [2.24, 2.45) is 0 Å². The van der Waals surface area contributed by atoms with E-state index in [1.165, 1.54) is 10.9 Å². The van der Waals surface area contributed by atoms with Gasteiger partial charge in [0.1, 0.15) is 5.82 Å². The number of nitrogens with zero attached hydrogens (tertiary/aromatic N) is 2. The van der Waals surface area contributed by atoms with Crippen molar-refractivity contribution in [1.29, 1.82) is 0 Å². The molecule has 1 fully saturated rings. The standard InChI is InChI=1S/C23H21N5O2/c1-13-2-3-16(23(30)27-17-5-6-17)11-20(13)28-22(24)18(12-26-28)21(29)15-4-7-19-14(10-15)8-9-25-19/h2-4,7-12,17,25H,5-6,24H2,1H3,(H,27,30). The van der Waals surface area contributed by atoms with Crippen LogP contribution in [-0.4, -0.2) is 32.5 Å². The van der Waals surface area contributed by atoms with Gasteiger partial charge in [-0.25, -0.2) is 4.68 Å². The zero-order valence-corrected chi connectivity index (χ0v) is 16.5. The first-order valence-electron chi connectivity index (χ1n) is 9.88. The molecule has 0 atom stereocenters. The molecule has 1 amide bonds. The molecule has 2 heterocycles. The Labute approximate surface area is 172 Å². The fourth-order valence-electron chi connectivity index (χ4n) is 3.55. The number of amides is 1. The number of hydrogen-bond acceptors (Lipinski definition) is 4. The molecule has 1 aliphatic rings. The van der Waals surface area contributed by atoms with Gasteiger partial charge in [-0.1, -0.05) is 6.07 Å². The molecule has 4 aromatic rings. The predicted molar refractivity (Wildman–Crippen MR) is 115 cm³/mol. The number of nitrogens with one attached hydrogen (secondary N) is 2. The van der Waals surface area contributed by atoms with Crippen LogP contribution in [0.4, 0.5) is 5.82 Å². The van der Waals surface area contributed by atoms with Crippen molar-refractivity contribution >= 4 is 28.4 Å². The summed E-state index contributed by atoms with van der Waals surface area (Å²) in [6.07, 6.45) is 5.36. The first kappa shape index (κ1) is 18.2. The third kappa shape index (κ3) is 3.14. The van der Waals surface area contributed by atoms with Gasteiger partial charge in [-0.15, -0.1) is 0 Å². The minimum Gasteiger partial charge on any atom is -0.383 e. The smallest absolute Gasteiger partial charge is 0.251 e. The third-order valence-corrected chi connectivity index (χ3v) is 5.48. The Morgan fingerprint density at radius 2 is 1.93 bits per heavy atom. The van der Waals surface area contributed by atoms with Gasteiger partial charge in [-0.2, -0.15) is 5.10 Å². The van der Waals surface area contributed by atoms with Gasteiger partial charge in [0.2, 0.25) is 0 Å². The van der Waals surface area contributed by atoms with E-state index in [2.05, 4.69) is 15.4 Å². The monoisotopic (exact) mass is 399 g/mol. The quantitative estimate of drug-likeness (QED) is 0.447. The van der Waals surface area contributed by atoms with Crippen molar-refractivity contribution in [1.82, 2.24) is 20.1 Å². The summed E-state index contributed by atoms with van der Waals surface area (Å²) >= 11 is 0. The predicted octanol–water partition coefficient (Wildman–Crippen LogP) is 3.37. The molecule has 0 bridgehead atoms. The minimum absolute atomic E-state index is 0.111. The van der Waals surface area contributed by atoms with E-state index in [1.807, 2.05) is 37.4 Å². The first-order chi connectivity index (χ1) is 14.5. The van der Waals surface area contributed by atoms with Gasteiger partial charge in [0.15, 0.2) is 5.78 Å². The molecule has 30 heavy (non-hydrogen) atoms. The van der Waals surface area contributed by atoms with Crippen molar-refractivity contribution in [3.63, 3.8) is 0 Å². The first-order valence-corrected chi connectivity index (χ1v) is 9.88.